The number of carbonyl (C=O) groups excluding carboxylic acids is 2. The van der Waals surface area contributed by atoms with E-state index in [1.165, 1.54) is 22.4 Å². The van der Waals surface area contributed by atoms with Gasteiger partial charge in [-0.1, -0.05) is 12.1 Å². The molecule has 0 N–H and O–H groups in total. The zero-order valence-corrected chi connectivity index (χ0v) is 10.1. The minimum Gasteiger partial charge on any atom is -0.448 e. The maximum Gasteiger partial charge on any atom is 0.410 e. The zero-order chi connectivity index (χ0) is 12.5. The molecule has 1 aromatic carbocycles. The molecule has 0 spiro atoms. The minimum atomic E-state index is -0.385. The highest BCUT2D eigenvalue weighted by molar-refractivity contribution is 5.99. The molecule has 0 radical (unpaired) electrons. The number of ketones is 1. The van der Waals surface area contributed by atoms with Crippen LogP contribution in [0.15, 0.2) is 18.2 Å². The van der Waals surface area contributed by atoms with Gasteiger partial charge in [0.25, 0.3) is 0 Å². The summed E-state index contributed by atoms with van der Waals surface area (Å²) in [4.78, 5) is 24.8. The highest BCUT2D eigenvalue weighted by Crippen LogP contribution is 2.23. The third-order valence-electron chi connectivity index (χ3n) is 3.60. The summed E-state index contributed by atoms with van der Waals surface area (Å²) in [7, 11) is 0. The van der Waals surface area contributed by atoms with E-state index >= 15 is 0 Å². The van der Waals surface area contributed by atoms with E-state index in [1.807, 2.05) is 18.2 Å². The number of carbonyl (C=O) groups is 2. The lowest BCUT2D eigenvalue weighted by Crippen LogP contribution is -2.30. The summed E-state index contributed by atoms with van der Waals surface area (Å²) in [5.74, 6) is -0.0106. The van der Waals surface area contributed by atoms with E-state index in [9.17, 15) is 9.59 Å². The highest BCUT2D eigenvalue weighted by Gasteiger charge is 2.25. The number of benzene rings is 1. The maximum atomic E-state index is 12.1. The average Bonchev–Trinajstić information content (AvgIpc) is 2.98. The van der Waals surface area contributed by atoms with E-state index < -0.39 is 0 Å². The number of fused-ring (bicyclic) bond motifs is 1. The Bertz CT molecular complexity index is 510. The Hall–Kier alpha value is -1.84. The average molecular weight is 245 g/mol. The zero-order valence-electron chi connectivity index (χ0n) is 10.1. The van der Waals surface area contributed by atoms with Gasteiger partial charge in [0, 0.05) is 5.56 Å². The van der Waals surface area contributed by atoms with E-state index in [2.05, 4.69) is 0 Å². The number of hydrogen-bond acceptors (Lipinski definition) is 3. The van der Waals surface area contributed by atoms with Gasteiger partial charge in [0.15, 0.2) is 5.78 Å². The molecule has 0 saturated carbocycles. The van der Waals surface area contributed by atoms with Crippen LogP contribution in [0.4, 0.5) is 4.79 Å². The van der Waals surface area contributed by atoms with Crippen LogP contribution >= 0.6 is 0 Å². The molecule has 3 rings (SSSR count). The molecule has 2 aliphatic rings. The first-order chi connectivity index (χ1) is 8.74. The van der Waals surface area contributed by atoms with Crippen LogP contribution in [0.25, 0.3) is 0 Å². The number of ether oxygens (including phenoxy) is 1. The summed E-state index contributed by atoms with van der Waals surface area (Å²) < 4.78 is 4.81. The Kier molecular flexibility index (Phi) is 2.78. The lowest BCUT2D eigenvalue weighted by atomic mass is 10.0. The molecule has 0 atom stereocenters. The van der Waals surface area contributed by atoms with Gasteiger partial charge in [-0.3, -0.25) is 9.69 Å². The largest absolute Gasteiger partial charge is 0.448 e. The third kappa shape index (κ3) is 1.98. The van der Waals surface area contributed by atoms with Gasteiger partial charge in [-0.05, 0) is 36.5 Å². The van der Waals surface area contributed by atoms with E-state index in [1.54, 1.807) is 0 Å². The molecule has 1 heterocycles. The molecule has 1 fully saturated rings. The number of nitrogens with zero attached hydrogens (tertiary/aromatic N) is 1. The number of rotatable bonds is 3. The van der Waals surface area contributed by atoms with Crippen molar-refractivity contribution in [1.82, 2.24) is 4.90 Å². The molecule has 0 aromatic heterocycles. The summed E-state index contributed by atoms with van der Waals surface area (Å²) in [6, 6.07) is 5.89. The van der Waals surface area contributed by atoms with Crippen molar-refractivity contribution < 1.29 is 14.3 Å². The lowest BCUT2D eigenvalue weighted by Gasteiger charge is -2.11. The molecule has 4 nitrogen and oxygen atoms in total. The molecule has 1 aromatic rings. The molecule has 0 unspecified atom stereocenters. The molecule has 0 bridgehead atoms. The van der Waals surface area contributed by atoms with Crippen LogP contribution in [0, 0.1) is 0 Å². The van der Waals surface area contributed by atoms with Gasteiger partial charge in [-0.2, -0.15) is 0 Å². The van der Waals surface area contributed by atoms with Crippen molar-refractivity contribution in [3.8, 4) is 0 Å². The number of hydrogen-bond donors (Lipinski definition) is 0. The van der Waals surface area contributed by atoms with Crippen LogP contribution in [0.1, 0.15) is 27.9 Å². The molecular formula is C14H15NO3. The molecule has 1 aliphatic carbocycles. The Morgan fingerprint density at radius 1 is 1.28 bits per heavy atom. The Morgan fingerprint density at radius 3 is 2.89 bits per heavy atom. The van der Waals surface area contributed by atoms with Crippen LogP contribution in [-0.4, -0.2) is 36.5 Å². The number of cyclic esters (lactones) is 1. The molecule has 1 saturated heterocycles. The van der Waals surface area contributed by atoms with Gasteiger partial charge < -0.3 is 4.74 Å². The first kappa shape index (κ1) is 11.3. The Labute approximate surface area is 106 Å². The topological polar surface area (TPSA) is 46.6 Å². The predicted octanol–water partition coefficient (Wildman–Crippen LogP) is 1.81. The van der Waals surface area contributed by atoms with Crippen molar-refractivity contribution >= 4 is 11.9 Å². The number of Topliss-reactive ketones (excluding diaryl/α,β-unsaturated/α-hetero) is 1. The van der Waals surface area contributed by atoms with Crippen LogP contribution in [-0.2, 0) is 17.6 Å². The first-order valence-electron chi connectivity index (χ1n) is 6.31. The number of amides is 1. The molecule has 4 heteroatoms. The number of aryl methyl sites for hydroxylation is 2. The first-order valence-corrected chi connectivity index (χ1v) is 6.31. The summed E-state index contributed by atoms with van der Waals surface area (Å²) in [6.07, 6.45) is 2.96. The van der Waals surface area contributed by atoms with Crippen molar-refractivity contribution in [3.63, 3.8) is 0 Å². The fraction of sp³-hybridized carbons (Fsp3) is 0.429. The fourth-order valence-corrected chi connectivity index (χ4v) is 2.58. The van der Waals surface area contributed by atoms with Crippen LogP contribution < -0.4 is 0 Å². The van der Waals surface area contributed by atoms with E-state index in [0.717, 1.165) is 12.8 Å². The predicted molar refractivity (Wildman–Crippen MR) is 65.7 cm³/mol. The second kappa shape index (κ2) is 4.44. The Balaban J connectivity index is 1.74. The van der Waals surface area contributed by atoms with Gasteiger partial charge in [-0.15, -0.1) is 0 Å². The SMILES string of the molecule is O=C(CN1CCOC1=O)c1ccc2c(c1)CCC2. The summed E-state index contributed by atoms with van der Waals surface area (Å²) in [5.41, 5.74) is 3.34. The summed E-state index contributed by atoms with van der Waals surface area (Å²) >= 11 is 0. The van der Waals surface area contributed by atoms with Gasteiger partial charge >= 0.3 is 6.09 Å². The highest BCUT2D eigenvalue weighted by atomic mass is 16.6. The smallest absolute Gasteiger partial charge is 0.410 e. The maximum absolute atomic E-state index is 12.1. The monoisotopic (exact) mass is 245 g/mol. The van der Waals surface area contributed by atoms with Gasteiger partial charge in [0.2, 0.25) is 0 Å². The van der Waals surface area contributed by atoms with E-state index in [-0.39, 0.29) is 18.4 Å². The van der Waals surface area contributed by atoms with Crippen LogP contribution in [0.2, 0.25) is 0 Å². The van der Waals surface area contributed by atoms with Crippen LogP contribution in [0.3, 0.4) is 0 Å². The van der Waals surface area contributed by atoms with Crippen molar-refractivity contribution in [2.24, 2.45) is 0 Å². The second-order valence-electron chi connectivity index (χ2n) is 4.80. The van der Waals surface area contributed by atoms with Crippen molar-refractivity contribution in [3.05, 3.63) is 34.9 Å². The van der Waals surface area contributed by atoms with E-state index in [4.69, 9.17) is 4.74 Å². The van der Waals surface area contributed by atoms with Crippen molar-refractivity contribution in [2.75, 3.05) is 19.7 Å². The lowest BCUT2D eigenvalue weighted by molar-refractivity contribution is 0.0943. The summed E-state index contributed by atoms with van der Waals surface area (Å²) in [5, 5.41) is 0. The van der Waals surface area contributed by atoms with Gasteiger partial charge in [0.05, 0.1) is 13.1 Å². The second-order valence-corrected chi connectivity index (χ2v) is 4.80. The van der Waals surface area contributed by atoms with Crippen molar-refractivity contribution in [2.45, 2.75) is 19.3 Å². The van der Waals surface area contributed by atoms with Crippen molar-refractivity contribution in [1.29, 1.82) is 0 Å². The molecule has 1 amide bonds. The summed E-state index contributed by atoms with van der Waals surface area (Å²) in [6.45, 7) is 1.02. The Morgan fingerprint density at radius 2 is 2.11 bits per heavy atom. The quantitative estimate of drug-likeness (QED) is 0.763. The van der Waals surface area contributed by atoms with Gasteiger partial charge in [-0.25, -0.2) is 4.79 Å². The van der Waals surface area contributed by atoms with Gasteiger partial charge in [0.1, 0.15) is 6.61 Å². The van der Waals surface area contributed by atoms with Crippen LogP contribution in [0.5, 0.6) is 0 Å². The molecule has 18 heavy (non-hydrogen) atoms. The molecule has 94 valence electrons. The minimum absolute atomic E-state index is 0.0106. The standard InChI is InChI=1S/C14H15NO3/c16-13(9-15-6-7-18-14(15)17)12-5-4-10-2-1-3-11(10)8-12/h4-5,8H,1-3,6-7,9H2. The molecule has 1 aliphatic heterocycles. The molecular weight excluding hydrogens is 230 g/mol. The van der Waals surface area contributed by atoms with E-state index in [0.29, 0.717) is 18.7 Å². The third-order valence-corrected chi connectivity index (χ3v) is 3.60. The normalized spacial score (nSPS) is 17.8. The fourth-order valence-electron chi connectivity index (χ4n) is 2.58.